The lowest BCUT2D eigenvalue weighted by Crippen LogP contribution is -2.38. The van der Waals surface area contributed by atoms with E-state index in [0.717, 1.165) is 27.2 Å². The van der Waals surface area contributed by atoms with Crippen LogP contribution in [-0.2, 0) is 14.6 Å². The van der Waals surface area contributed by atoms with Crippen molar-refractivity contribution in [2.45, 2.75) is 30.2 Å². The van der Waals surface area contributed by atoms with Crippen molar-refractivity contribution < 1.29 is 17.9 Å². The van der Waals surface area contributed by atoms with Crippen LogP contribution >= 0.6 is 11.8 Å². The predicted molar refractivity (Wildman–Crippen MR) is 98.7 cm³/mol. The minimum absolute atomic E-state index is 0.133. The summed E-state index contributed by atoms with van der Waals surface area (Å²) in [7, 11) is -1.57. The maximum atomic E-state index is 12.1. The fourth-order valence-corrected chi connectivity index (χ4v) is 5.34. The maximum absolute atomic E-state index is 12.1. The summed E-state index contributed by atoms with van der Waals surface area (Å²) in [6.07, 6.45) is 1.10. The van der Waals surface area contributed by atoms with Crippen molar-refractivity contribution >= 4 is 38.4 Å². The van der Waals surface area contributed by atoms with Crippen LogP contribution in [0.2, 0.25) is 0 Å². The summed E-state index contributed by atoms with van der Waals surface area (Å²) in [5.74, 6) is 0.725. The quantitative estimate of drug-likeness (QED) is 0.801. The van der Waals surface area contributed by atoms with Crippen LogP contribution in [0.25, 0.3) is 10.9 Å². The third-order valence-corrected chi connectivity index (χ3v) is 7.19. The molecule has 25 heavy (non-hydrogen) atoms. The van der Waals surface area contributed by atoms with E-state index < -0.39 is 15.2 Å². The number of aromatic nitrogens is 1. The Morgan fingerprint density at radius 3 is 2.88 bits per heavy atom. The lowest BCUT2D eigenvalue weighted by atomic mass is 10.1. The van der Waals surface area contributed by atoms with Gasteiger partial charge < -0.3 is 10.1 Å². The molecule has 0 aliphatic carbocycles. The Kier molecular flexibility index (Phi) is 5.19. The number of nitrogens with zero attached hydrogens (tertiary/aromatic N) is 1. The average Bonchev–Trinajstić information content (AvgIpc) is 2.90. The molecule has 0 bridgehead atoms. The van der Waals surface area contributed by atoms with E-state index in [-0.39, 0.29) is 17.4 Å². The third-order valence-electron chi connectivity index (χ3n) is 4.20. The first-order chi connectivity index (χ1) is 11.9. The third kappa shape index (κ3) is 4.07. The van der Waals surface area contributed by atoms with Crippen molar-refractivity contribution in [3.63, 3.8) is 0 Å². The number of aryl methyl sites for hydroxylation is 1. The van der Waals surface area contributed by atoms with E-state index in [0.29, 0.717) is 12.8 Å². The molecule has 3 rings (SSSR count). The van der Waals surface area contributed by atoms with Crippen molar-refractivity contribution in [1.29, 1.82) is 0 Å². The normalized spacial score (nSPS) is 19.0. The Bertz CT molecular complexity index is 912. The number of ether oxygens (including phenoxy) is 1. The monoisotopic (exact) mass is 380 g/mol. The molecule has 0 radical (unpaired) electrons. The van der Waals surface area contributed by atoms with Crippen LogP contribution in [0.4, 0.5) is 0 Å². The van der Waals surface area contributed by atoms with E-state index >= 15 is 0 Å². The van der Waals surface area contributed by atoms with Crippen LogP contribution in [0.15, 0.2) is 29.3 Å². The fourth-order valence-electron chi connectivity index (χ4n) is 2.87. The fraction of sp³-hybridized carbons (Fsp3) is 0.412. The van der Waals surface area contributed by atoms with Gasteiger partial charge in [-0.2, -0.15) is 0 Å². The first-order valence-electron chi connectivity index (χ1n) is 7.98. The minimum atomic E-state index is -3.18. The first kappa shape index (κ1) is 18.0. The van der Waals surface area contributed by atoms with Gasteiger partial charge in [-0.25, -0.2) is 13.4 Å². The lowest BCUT2D eigenvalue weighted by molar-refractivity contribution is -0.118. The number of sulfone groups is 1. The number of thioether (sulfide) groups is 1. The molecule has 134 valence electrons. The summed E-state index contributed by atoms with van der Waals surface area (Å²) < 4.78 is 28.8. The number of methoxy groups -OCH3 is 1. The van der Waals surface area contributed by atoms with Gasteiger partial charge in [0.15, 0.2) is 9.84 Å². The second kappa shape index (κ2) is 7.21. The van der Waals surface area contributed by atoms with E-state index in [2.05, 4.69) is 10.3 Å². The molecular weight excluding hydrogens is 360 g/mol. The van der Waals surface area contributed by atoms with Gasteiger partial charge in [0.05, 0.1) is 29.2 Å². The standard InChI is InChI=1S/C17H20N2O4S2/c1-11-8-16(18-14-9-12(23-2)5-6-13(11)14)24-10-15(20)19-17-4-3-7-25(17,21)22/h5-6,8-9,17H,3-4,7,10H2,1-2H3,(H,19,20)/t17-/m0/s1. The highest BCUT2D eigenvalue weighted by molar-refractivity contribution is 7.99. The van der Waals surface area contributed by atoms with Gasteiger partial charge in [0.2, 0.25) is 5.91 Å². The molecule has 1 aromatic carbocycles. The highest BCUT2D eigenvalue weighted by atomic mass is 32.2. The molecule has 1 aliphatic heterocycles. The van der Waals surface area contributed by atoms with Crippen LogP contribution in [0, 0.1) is 6.92 Å². The number of benzene rings is 1. The van der Waals surface area contributed by atoms with Crippen molar-refractivity contribution in [1.82, 2.24) is 10.3 Å². The van der Waals surface area contributed by atoms with Gasteiger partial charge in [-0.15, -0.1) is 0 Å². The van der Waals surface area contributed by atoms with E-state index in [4.69, 9.17) is 4.74 Å². The average molecular weight is 380 g/mol. The summed E-state index contributed by atoms with van der Waals surface area (Å²) in [6.45, 7) is 1.99. The van der Waals surface area contributed by atoms with E-state index in [1.165, 1.54) is 11.8 Å². The molecule has 0 spiro atoms. The Balaban J connectivity index is 1.69. The van der Waals surface area contributed by atoms with Gasteiger partial charge in [0.1, 0.15) is 11.1 Å². The summed E-state index contributed by atoms with van der Waals surface area (Å²) in [4.78, 5) is 16.6. The van der Waals surface area contributed by atoms with Crippen LogP contribution in [0.5, 0.6) is 5.75 Å². The Morgan fingerprint density at radius 1 is 1.40 bits per heavy atom. The number of hydrogen-bond acceptors (Lipinski definition) is 6. The second-order valence-corrected chi connectivity index (χ2v) is 9.31. The van der Waals surface area contributed by atoms with Crippen LogP contribution < -0.4 is 10.1 Å². The molecule has 6 nitrogen and oxygen atoms in total. The van der Waals surface area contributed by atoms with Crippen molar-refractivity contribution in [3.8, 4) is 5.75 Å². The summed E-state index contributed by atoms with van der Waals surface area (Å²) in [6, 6.07) is 7.64. The SMILES string of the molecule is COc1ccc2c(C)cc(SCC(=O)N[C@@H]3CCCS3(=O)=O)nc2c1. The molecule has 2 heterocycles. The van der Waals surface area contributed by atoms with E-state index in [1.807, 2.05) is 31.2 Å². The zero-order chi connectivity index (χ0) is 18.0. The Labute approximate surface area is 151 Å². The summed E-state index contributed by atoms with van der Waals surface area (Å²) in [5.41, 5.74) is 1.87. The van der Waals surface area contributed by atoms with Crippen LogP contribution in [-0.4, -0.2) is 43.3 Å². The van der Waals surface area contributed by atoms with E-state index in [1.54, 1.807) is 7.11 Å². The Morgan fingerprint density at radius 2 is 2.20 bits per heavy atom. The van der Waals surface area contributed by atoms with Crippen molar-refractivity contribution in [2.24, 2.45) is 0 Å². The number of nitrogens with one attached hydrogen (secondary N) is 1. The molecule has 8 heteroatoms. The topological polar surface area (TPSA) is 85.4 Å². The van der Waals surface area contributed by atoms with Crippen molar-refractivity contribution in [2.75, 3.05) is 18.6 Å². The Hall–Kier alpha value is -1.80. The molecule has 1 aromatic heterocycles. The molecule has 1 N–H and O–H groups in total. The maximum Gasteiger partial charge on any atom is 0.231 e. The first-order valence-corrected chi connectivity index (χ1v) is 10.7. The highest BCUT2D eigenvalue weighted by Crippen LogP contribution is 2.26. The molecule has 1 atom stereocenters. The predicted octanol–water partition coefficient (Wildman–Crippen LogP) is 2.29. The zero-order valence-electron chi connectivity index (χ0n) is 14.1. The van der Waals surface area contributed by atoms with Gasteiger partial charge >= 0.3 is 0 Å². The highest BCUT2D eigenvalue weighted by Gasteiger charge is 2.32. The smallest absolute Gasteiger partial charge is 0.231 e. The number of carbonyl (C=O) groups excluding carboxylic acids is 1. The van der Waals surface area contributed by atoms with E-state index in [9.17, 15) is 13.2 Å². The summed E-state index contributed by atoms with van der Waals surface area (Å²) >= 11 is 1.30. The van der Waals surface area contributed by atoms with Gasteiger partial charge in [-0.1, -0.05) is 11.8 Å². The van der Waals surface area contributed by atoms with Crippen LogP contribution in [0.1, 0.15) is 18.4 Å². The largest absolute Gasteiger partial charge is 0.497 e. The zero-order valence-corrected chi connectivity index (χ0v) is 15.7. The molecule has 1 aliphatic rings. The van der Waals surface area contributed by atoms with Crippen LogP contribution in [0.3, 0.4) is 0 Å². The molecule has 1 fully saturated rings. The molecule has 1 saturated heterocycles. The number of pyridine rings is 1. The number of rotatable bonds is 5. The minimum Gasteiger partial charge on any atom is -0.497 e. The molecule has 1 amide bonds. The second-order valence-electron chi connectivity index (χ2n) is 6.01. The number of amides is 1. The molecular formula is C17H20N2O4S2. The van der Waals surface area contributed by atoms with Gasteiger partial charge in [0, 0.05) is 11.5 Å². The van der Waals surface area contributed by atoms with Gasteiger partial charge in [-0.3, -0.25) is 4.79 Å². The van der Waals surface area contributed by atoms with Gasteiger partial charge in [0.25, 0.3) is 0 Å². The molecule has 0 saturated carbocycles. The number of carbonyl (C=O) groups is 1. The molecule has 2 aromatic rings. The lowest BCUT2D eigenvalue weighted by Gasteiger charge is -2.12. The summed E-state index contributed by atoms with van der Waals surface area (Å²) in [5, 5.41) is 3.63. The molecule has 0 unspecified atom stereocenters. The van der Waals surface area contributed by atoms with Gasteiger partial charge in [-0.05, 0) is 43.5 Å². The number of fused-ring (bicyclic) bond motifs is 1. The number of hydrogen-bond donors (Lipinski definition) is 1. The van der Waals surface area contributed by atoms with Crippen molar-refractivity contribution in [3.05, 3.63) is 29.8 Å².